The normalized spacial score (nSPS) is 19.6. The van der Waals surface area contributed by atoms with Crippen LogP contribution in [0.3, 0.4) is 0 Å². The van der Waals surface area contributed by atoms with Gasteiger partial charge in [0.2, 0.25) is 0 Å². The van der Waals surface area contributed by atoms with E-state index in [9.17, 15) is 0 Å². The molecule has 2 heteroatoms. The van der Waals surface area contributed by atoms with Crippen molar-refractivity contribution in [2.45, 2.75) is 37.6 Å². The summed E-state index contributed by atoms with van der Waals surface area (Å²) in [4.78, 5) is 0. The van der Waals surface area contributed by atoms with Gasteiger partial charge in [0.05, 0.1) is 0 Å². The molecule has 0 bridgehead atoms. The van der Waals surface area contributed by atoms with Gasteiger partial charge in [-0.3, -0.25) is 0 Å². The van der Waals surface area contributed by atoms with Gasteiger partial charge in [0.15, 0.2) is 0 Å². The molecule has 0 atom stereocenters. The number of nitrogens with zero attached hydrogens (tertiary/aromatic N) is 1. The van der Waals surface area contributed by atoms with E-state index in [4.69, 9.17) is 5.73 Å². The molecule has 0 unspecified atom stereocenters. The maximum atomic E-state index is 6.58. The van der Waals surface area contributed by atoms with Crippen molar-refractivity contribution in [1.29, 1.82) is 0 Å². The Kier molecular flexibility index (Phi) is 2.48. The summed E-state index contributed by atoms with van der Waals surface area (Å²) in [5, 5.41) is 1.30. The maximum absolute atomic E-state index is 6.58. The van der Waals surface area contributed by atoms with Crippen LogP contribution < -0.4 is 5.73 Å². The first-order valence-electron chi connectivity index (χ1n) is 6.53. The lowest BCUT2D eigenvalue weighted by atomic mass is 9.77. The van der Waals surface area contributed by atoms with Crippen molar-refractivity contribution < 1.29 is 0 Å². The number of aryl methyl sites for hydroxylation is 1. The number of rotatable bonds is 1. The zero-order valence-corrected chi connectivity index (χ0v) is 10.4. The summed E-state index contributed by atoms with van der Waals surface area (Å²) in [5.41, 5.74) is 9.10. The molecule has 1 heterocycles. The Hall–Kier alpha value is -1.28. The summed E-state index contributed by atoms with van der Waals surface area (Å²) in [6.07, 6.45) is 8.24. The van der Waals surface area contributed by atoms with E-state index in [0.29, 0.717) is 0 Å². The van der Waals surface area contributed by atoms with Gasteiger partial charge in [-0.05, 0) is 35.9 Å². The summed E-state index contributed by atoms with van der Waals surface area (Å²) in [5.74, 6) is 0. The zero-order valence-electron chi connectivity index (χ0n) is 10.4. The van der Waals surface area contributed by atoms with Crippen molar-refractivity contribution in [1.82, 2.24) is 4.57 Å². The van der Waals surface area contributed by atoms with E-state index in [1.807, 2.05) is 0 Å². The van der Waals surface area contributed by atoms with Crippen molar-refractivity contribution >= 4 is 10.9 Å². The van der Waals surface area contributed by atoms with Crippen LogP contribution in [0.5, 0.6) is 0 Å². The second-order valence-corrected chi connectivity index (χ2v) is 5.42. The van der Waals surface area contributed by atoms with Crippen LogP contribution in [0.2, 0.25) is 0 Å². The standard InChI is InChI=1S/C15H20N2/c1-17-10-7-12-5-6-13(11-14(12)17)15(16)8-3-2-4-9-15/h5-7,10-11H,2-4,8-9,16H2,1H3. The third-order valence-corrected chi connectivity index (χ3v) is 4.21. The molecule has 0 aliphatic heterocycles. The number of aromatic nitrogens is 1. The molecule has 1 fully saturated rings. The fraction of sp³-hybridized carbons (Fsp3) is 0.467. The van der Waals surface area contributed by atoms with Gasteiger partial charge >= 0.3 is 0 Å². The molecule has 2 aromatic rings. The summed E-state index contributed by atoms with van der Waals surface area (Å²) in [6, 6.07) is 8.85. The van der Waals surface area contributed by atoms with Crippen LogP contribution >= 0.6 is 0 Å². The molecule has 2 nitrogen and oxygen atoms in total. The van der Waals surface area contributed by atoms with Crippen molar-refractivity contribution in [3.63, 3.8) is 0 Å². The average molecular weight is 228 g/mol. The van der Waals surface area contributed by atoms with Crippen LogP contribution in [0, 0.1) is 0 Å². The molecule has 0 radical (unpaired) electrons. The molecule has 2 N–H and O–H groups in total. The molecule has 3 rings (SSSR count). The SMILES string of the molecule is Cn1ccc2ccc(C3(N)CCCCC3)cc21. The van der Waals surface area contributed by atoms with E-state index in [1.165, 1.54) is 35.7 Å². The molecule has 90 valence electrons. The van der Waals surface area contributed by atoms with Crippen LogP contribution in [0.25, 0.3) is 10.9 Å². The number of fused-ring (bicyclic) bond motifs is 1. The number of hydrogen-bond acceptors (Lipinski definition) is 1. The van der Waals surface area contributed by atoms with Crippen LogP contribution in [0.15, 0.2) is 30.5 Å². The smallest absolute Gasteiger partial charge is 0.0481 e. The monoisotopic (exact) mass is 228 g/mol. The molecule has 0 saturated heterocycles. The zero-order chi connectivity index (χ0) is 11.9. The summed E-state index contributed by atoms with van der Waals surface area (Å²) >= 11 is 0. The Morgan fingerprint density at radius 1 is 1.12 bits per heavy atom. The Labute approximate surface area is 102 Å². The lowest BCUT2D eigenvalue weighted by Crippen LogP contribution is -2.38. The van der Waals surface area contributed by atoms with Crippen molar-refractivity contribution in [2.24, 2.45) is 12.8 Å². The van der Waals surface area contributed by atoms with E-state index in [0.717, 1.165) is 12.8 Å². The highest BCUT2D eigenvalue weighted by molar-refractivity contribution is 5.81. The van der Waals surface area contributed by atoms with Gasteiger partial charge in [-0.2, -0.15) is 0 Å². The minimum absolute atomic E-state index is 0.0866. The molecule has 1 saturated carbocycles. The Bertz CT molecular complexity index is 533. The number of nitrogens with two attached hydrogens (primary N) is 1. The molecule has 1 aliphatic rings. The molecule has 17 heavy (non-hydrogen) atoms. The number of hydrogen-bond donors (Lipinski definition) is 1. The van der Waals surface area contributed by atoms with Crippen LogP contribution in [-0.4, -0.2) is 4.57 Å². The largest absolute Gasteiger partial charge is 0.351 e. The van der Waals surface area contributed by atoms with Crippen molar-refractivity contribution in [2.75, 3.05) is 0 Å². The van der Waals surface area contributed by atoms with E-state index in [2.05, 4.69) is 42.1 Å². The first-order valence-corrected chi connectivity index (χ1v) is 6.53. The lowest BCUT2D eigenvalue weighted by Gasteiger charge is -2.34. The topological polar surface area (TPSA) is 30.9 Å². The van der Waals surface area contributed by atoms with Gasteiger partial charge in [0.25, 0.3) is 0 Å². The second kappa shape index (κ2) is 3.88. The first kappa shape index (κ1) is 10.8. The quantitative estimate of drug-likeness (QED) is 0.797. The maximum Gasteiger partial charge on any atom is 0.0481 e. The summed E-state index contributed by atoms with van der Waals surface area (Å²) in [6.45, 7) is 0. The fourth-order valence-corrected chi connectivity index (χ4v) is 3.04. The summed E-state index contributed by atoms with van der Waals surface area (Å²) < 4.78 is 2.17. The van der Waals surface area contributed by atoms with Gasteiger partial charge in [-0.1, -0.05) is 31.4 Å². The average Bonchev–Trinajstić information content (AvgIpc) is 2.72. The van der Waals surface area contributed by atoms with Crippen LogP contribution in [-0.2, 0) is 12.6 Å². The minimum atomic E-state index is -0.0866. The van der Waals surface area contributed by atoms with E-state index in [-0.39, 0.29) is 5.54 Å². The minimum Gasteiger partial charge on any atom is -0.351 e. The Morgan fingerprint density at radius 3 is 2.65 bits per heavy atom. The van der Waals surface area contributed by atoms with Crippen molar-refractivity contribution in [3.05, 3.63) is 36.0 Å². The molecule has 1 aliphatic carbocycles. The summed E-state index contributed by atoms with van der Waals surface area (Å²) in [7, 11) is 2.09. The predicted molar refractivity (Wildman–Crippen MR) is 71.9 cm³/mol. The molecule has 1 aromatic carbocycles. The fourth-order valence-electron chi connectivity index (χ4n) is 3.04. The van der Waals surface area contributed by atoms with E-state index < -0.39 is 0 Å². The van der Waals surface area contributed by atoms with Crippen molar-refractivity contribution in [3.8, 4) is 0 Å². The van der Waals surface area contributed by atoms with Gasteiger partial charge in [-0.15, -0.1) is 0 Å². The number of benzene rings is 1. The highest BCUT2D eigenvalue weighted by atomic mass is 14.9. The van der Waals surface area contributed by atoms with Crippen LogP contribution in [0.1, 0.15) is 37.7 Å². The second-order valence-electron chi connectivity index (χ2n) is 5.42. The predicted octanol–water partition coefficient (Wildman–Crippen LogP) is 3.30. The van der Waals surface area contributed by atoms with Gasteiger partial charge < -0.3 is 10.3 Å². The van der Waals surface area contributed by atoms with E-state index >= 15 is 0 Å². The third kappa shape index (κ3) is 1.77. The van der Waals surface area contributed by atoms with Gasteiger partial charge in [0.1, 0.15) is 0 Å². The van der Waals surface area contributed by atoms with E-state index in [1.54, 1.807) is 0 Å². The van der Waals surface area contributed by atoms with Gasteiger partial charge in [-0.25, -0.2) is 0 Å². The van der Waals surface area contributed by atoms with Crippen LogP contribution in [0.4, 0.5) is 0 Å². The lowest BCUT2D eigenvalue weighted by molar-refractivity contribution is 0.302. The molecule has 0 amide bonds. The third-order valence-electron chi connectivity index (χ3n) is 4.21. The first-order chi connectivity index (χ1) is 8.19. The Balaban J connectivity index is 2.07. The molecule has 1 aromatic heterocycles. The van der Waals surface area contributed by atoms with Gasteiger partial charge in [0, 0.05) is 24.3 Å². The highest BCUT2D eigenvalue weighted by Crippen LogP contribution is 2.35. The Morgan fingerprint density at radius 2 is 1.88 bits per heavy atom. The highest BCUT2D eigenvalue weighted by Gasteiger charge is 2.29. The molecular formula is C15H20N2. The molecular weight excluding hydrogens is 208 g/mol. The molecule has 0 spiro atoms.